The van der Waals surface area contributed by atoms with Crippen molar-refractivity contribution in [3.63, 3.8) is 0 Å². The molecule has 0 fully saturated rings. The van der Waals surface area contributed by atoms with Crippen molar-refractivity contribution in [1.82, 2.24) is 0 Å². The molecule has 1 N–H and O–H groups in total. The average Bonchev–Trinajstić information content (AvgIpc) is 2.38. The smallest absolute Gasteiger partial charge is 0.299 e. The highest BCUT2D eigenvalue weighted by molar-refractivity contribution is 6.30. The van der Waals surface area contributed by atoms with E-state index >= 15 is 0 Å². The molecule has 0 spiro atoms. The molecule has 0 aliphatic rings. The second-order valence-corrected chi connectivity index (χ2v) is 4.29. The van der Waals surface area contributed by atoms with Gasteiger partial charge < -0.3 is 5.32 Å². The molecule has 2 rings (SSSR count). The fourth-order valence-corrected chi connectivity index (χ4v) is 1.80. The topological polar surface area (TPSA) is 98.3 Å². The van der Waals surface area contributed by atoms with Crippen molar-refractivity contribution >= 4 is 34.4 Å². The number of nitrogens with one attached hydrogen (secondary N) is 1. The van der Waals surface area contributed by atoms with E-state index in [0.29, 0.717) is 10.7 Å². The number of nitrogens with zero attached hydrogens (tertiary/aromatic N) is 2. The van der Waals surface area contributed by atoms with Gasteiger partial charge in [0.15, 0.2) is 0 Å². The minimum Gasteiger partial charge on any atom is -0.350 e. The van der Waals surface area contributed by atoms with E-state index in [2.05, 4.69) is 5.32 Å². The summed E-state index contributed by atoms with van der Waals surface area (Å²) in [6.07, 6.45) is 0. The van der Waals surface area contributed by atoms with Crippen LogP contribution >= 0.6 is 11.6 Å². The van der Waals surface area contributed by atoms with Gasteiger partial charge in [0, 0.05) is 16.8 Å². The number of benzene rings is 2. The van der Waals surface area contributed by atoms with Gasteiger partial charge in [-0.1, -0.05) is 17.7 Å². The largest absolute Gasteiger partial charge is 0.350 e. The Labute approximate surface area is 118 Å². The second-order valence-electron chi connectivity index (χ2n) is 3.85. The maximum Gasteiger partial charge on any atom is 0.299 e. The Bertz CT molecular complexity index is 690. The summed E-state index contributed by atoms with van der Waals surface area (Å²) < 4.78 is 0. The minimum absolute atomic E-state index is 0.155. The lowest BCUT2D eigenvalue weighted by molar-refractivity contribution is -0.393. The van der Waals surface area contributed by atoms with Crippen LogP contribution in [0.5, 0.6) is 0 Å². The minimum atomic E-state index is -0.684. The first-order valence-electron chi connectivity index (χ1n) is 5.43. The van der Waals surface area contributed by atoms with Crippen LogP contribution in [0.15, 0.2) is 42.5 Å². The number of halogens is 1. The maximum atomic E-state index is 11.0. The third-order valence-corrected chi connectivity index (χ3v) is 2.73. The van der Waals surface area contributed by atoms with Crippen molar-refractivity contribution in [1.29, 1.82) is 0 Å². The maximum absolute atomic E-state index is 11.0. The molecular formula is C12H8ClN3O4. The molecule has 0 saturated carbocycles. The molecule has 0 aliphatic carbocycles. The van der Waals surface area contributed by atoms with E-state index in [-0.39, 0.29) is 17.1 Å². The molecule has 0 aliphatic heterocycles. The molecule has 2 aromatic rings. The summed E-state index contributed by atoms with van der Waals surface area (Å²) in [7, 11) is 0. The van der Waals surface area contributed by atoms with Gasteiger partial charge in [0.25, 0.3) is 11.4 Å². The fourth-order valence-electron chi connectivity index (χ4n) is 1.61. The number of hydrogen-bond donors (Lipinski definition) is 1. The highest BCUT2D eigenvalue weighted by Crippen LogP contribution is 2.31. The third kappa shape index (κ3) is 3.01. The van der Waals surface area contributed by atoms with Crippen molar-refractivity contribution in [2.75, 3.05) is 5.32 Å². The van der Waals surface area contributed by atoms with Crippen molar-refractivity contribution < 1.29 is 9.85 Å². The number of nitro benzene ring substituents is 2. The highest BCUT2D eigenvalue weighted by Gasteiger charge is 2.19. The van der Waals surface area contributed by atoms with Gasteiger partial charge in [-0.15, -0.1) is 0 Å². The van der Waals surface area contributed by atoms with Crippen molar-refractivity contribution in [2.24, 2.45) is 0 Å². The van der Waals surface area contributed by atoms with Gasteiger partial charge in [0.2, 0.25) is 0 Å². The van der Waals surface area contributed by atoms with Gasteiger partial charge >= 0.3 is 0 Å². The van der Waals surface area contributed by atoms with Gasteiger partial charge in [-0.05, 0) is 24.3 Å². The Morgan fingerprint density at radius 1 is 1.00 bits per heavy atom. The molecule has 0 aromatic heterocycles. The molecular weight excluding hydrogens is 286 g/mol. The van der Waals surface area contributed by atoms with Gasteiger partial charge in [-0.2, -0.15) is 0 Å². The van der Waals surface area contributed by atoms with Crippen LogP contribution in [0.1, 0.15) is 0 Å². The number of anilines is 2. The lowest BCUT2D eigenvalue weighted by Gasteiger charge is -2.07. The van der Waals surface area contributed by atoms with Gasteiger partial charge in [-0.25, -0.2) is 0 Å². The van der Waals surface area contributed by atoms with Crippen LogP contribution in [-0.2, 0) is 0 Å². The Morgan fingerprint density at radius 2 is 1.75 bits per heavy atom. The average molecular weight is 294 g/mol. The monoisotopic (exact) mass is 293 g/mol. The normalized spacial score (nSPS) is 10.1. The fraction of sp³-hybridized carbons (Fsp3) is 0. The van der Waals surface area contributed by atoms with Crippen LogP contribution < -0.4 is 5.32 Å². The van der Waals surface area contributed by atoms with Gasteiger partial charge in [-0.3, -0.25) is 20.2 Å². The van der Waals surface area contributed by atoms with Crippen LogP contribution in [-0.4, -0.2) is 9.85 Å². The summed E-state index contributed by atoms with van der Waals surface area (Å²) in [4.78, 5) is 20.2. The van der Waals surface area contributed by atoms with E-state index in [1.807, 2.05) is 0 Å². The lowest BCUT2D eigenvalue weighted by Crippen LogP contribution is -1.98. The van der Waals surface area contributed by atoms with Crippen molar-refractivity contribution in [2.45, 2.75) is 0 Å². The first-order valence-corrected chi connectivity index (χ1v) is 5.80. The quantitative estimate of drug-likeness (QED) is 0.681. The summed E-state index contributed by atoms with van der Waals surface area (Å²) >= 11 is 5.82. The molecule has 0 radical (unpaired) electrons. The molecule has 20 heavy (non-hydrogen) atoms. The number of nitro groups is 2. The molecule has 0 amide bonds. The predicted octanol–water partition coefficient (Wildman–Crippen LogP) is 3.90. The van der Waals surface area contributed by atoms with Crippen LogP contribution in [0.3, 0.4) is 0 Å². The van der Waals surface area contributed by atoms with E-state index < -0.39 is 9.85 Å². The molecule has 8 heteroatoms. The molecule has 0 heterocycles. The van der Waals surface area contributed by atoms with E-state index in [9.17, 15) is 20.2 Å². The predicted molar refractivity (Wildman–Crippen MR) is 74.5 cm³/mol. The van der Waals surface area contributed by atoms with Gasteiger partial charge in [0.05, 0.1) is 15.9 Å². The molecule has 7 nitrogen and oxygen atoms in total. The highest BCUT2D eigenvalue weighted by atomic mass is 35.5. The zero-order chi connectivity index (χ0) is 14.7. The first-order chi connectivity index (χ1) is 9.47. The van der Waals surface area contributed by atoms with E-state index in [0.717, 1.165) is 6.07 Å². The van der Waals surface area contributed by atoms with Crippen LogP contribution in [0.2, 0.25) is 5.02 Å². The van der Waals surface area contributed by atoms with Crippen molar-refractivity contribution in [3.05, 3.63) is 67.7 Å². The summed E-state index contributed by atoms with van der Waals surface area (Å²) in [6.45, 7) is 0. The van der Waals surface area contributed by atoms with E-state index in [1.165, 1.54) is 12.1 Å². The molecule has 102 valence electrons. The van der Waals surface area contributed by atoms with Gasteiger partial charge in [0.1, 0.15) is 5.69 Å². The Morgan fingerprint density at radius 3 is 2.35 bits per heavy atom. The third-order valence-electron chi connectivity index (χ3n) is 2.49. The zero-order valence-corrected chi connectivity index (χ0v) is 10.7. The summed E-state index contributed by atoms with van der Waals surface area (Å²) in [5, 5.41) is 24.9. The Balaban J connectivity index is 2.41. The summed E-state index contributed by atoms with van der Waals surface area (Å²) in [5.41, 5.74) is -0.00941. The van der Waals surface area contributed by atoms with Crippen LogP contribution in [0.25, 0.3) is 0 Å². The SMILES string of the molecule is O=[N+]([O-])c1ccc(Nc2cccc(Cl)c2)c([N+](=O)[O-])c1. The van der Waals surface area contributed by atoms with Crippen LogP contribution in [0.4, 0.5) is 22.7 Å². The number of rotatable bonds is 4. The van der Waals surface area contributed by atoms with Crippen LogP contribution in [0, 0.1) is 20.2 Å². The second kappa shape index (κ2) is 5.54. The Kier molecular flexibility index (Phi) is 3.81. The molecule has 0 unspecified atom stereocenters. The molecule has 0 bridgehead atoms. The number of non-ortho nitro benzene ring substituents is 1. The first kappa shape index (κ1) is 13.8. The summed E-state index contributed by atoms with van der Waals surface area (Å²) in [5.74, 6) is 0. The molecule has 0 atom stereocenters. The standard InChI is InChI=1S/C12H8ClN3O4/c13-8-2-1-3-9(6-8)14-11-5-4-10(15(17)18)7-12(11)16(19)20/h1-7,14H. The van der Waals surface area contributed by atoms with E-state index in [1.54, 1.807) is 24.3 Å². The number of hydrogen-bond acceptors (Lipinski definition) is 5. The summed E-state index contributed by atoms with van der Waals surface area (Å²) in [6, 6.07) is 10.0. The van der Waals surface area contributed by atoms with Crippen molar-refractivity contribution in [3.8, 4) is 0 Å². The Hall–Kier alpha value is -2.67. The van der Waals surface area contributed by atoms with E-state index in [4.69, 9.17) is 11.6 Å². The lowest BCUT2D eigenvalue weighted by atomic mass is 10.2. The molecule has 0 saturated heterocycles. The molecule has 2 aromatic carbocycles. The zero-order valence-electron chi connectivity index (χ0n) is 9.95.